The molecule has 21 heavy (non-hydrogen) atoms. The summed E-state index contributed by atoms with van der Waals surface area (Å²) in [6.45, 7) is 0.190. The molecule has 3 rings (SSSR count). The molecule has 0 aliphatic rings. The second-order valence-electron chi connectivity index (χ2n) is 4.42. The molecule has 7 heteroatoms. The van der Waals surface area contributed by atoms with Crippen molar-refractivity contribution in [1.82, 2.24) is 9.71 Å². The van der Waals surface area contributed by atoms with Crippen molar-refractivity contribution in [2.45, 2.75) is 10.8 Å². The van der Waals surface area contributed by atoms with Gasteiger partial charge in [-0.3, -0.25) is 4.98 Å². The second kappa shape index (κ2) is 5.73. The summed E-state index contributed by atoms with van der Waals surface area (Å²) in [5.74, 6) is 0. The van der Waals surface area contributed by atoms with Crippen LogP contribution in [0.1, 0.15) is 5.56 Å². The lowest BCUT2D eigenvalue weighted by atomic mass is 10.2. The van der Waals surface area contributed by atoms with Crippen LogP contribution in [0.15, 0.2) is 52.9 Å². The van der Waals surface area contributed by atoms with Gasteiger partial charge in [0, 0.05) is 18.1 Å². The summed E-state index contributed by atoms with van der Waals surface area (Å²) < 4.78 is 27.4. The molecule has 1 N–H and O–H groups in total. The van der Waals surface area contributed by atoms with Crippen LogP contribution in [0.4, 0.5) is 0 Å². The quantitative estimate of drug-likeness (QED) is 0.792. The number of rotatable bonds is 4. The number of nitrogens with zero attached hydrogens (tertiary/aromatic N) is 1. The van der Waals surface area contributed by atoms with Crippen LogP contribution in [0, 0.1) is 0 Å². The molecule has 0 saturated heterocycles. The zero-order valence-electron chi connectivity index (χ0n) is 10.8. The number of hydrogen-bond donors (Lipinski definition) is 1. The first-order chi connectivity index (χ1) is 10.0. The average Bonchev–Trinajstić information content (AvgIpc) is 2.92. The predicted molar refractivity (Wildman–Crippen MR) is 85.1 cm³/mol. The molecule has 0 radical (unpaired) electrons. The first-order valence-corrected chi connectivity index (χ1v) is 8.81. The highest BCUT2D eigenvalue weighted by atomic mass is 35.5. The number of hydrogen-bond acceptors (Lipinski definition) is 4. The summed E-state index contributed by atoms with van der Waals surface area (Å²) in [5, 5.41) is 0.980. The molecule has 2 heterocycles. The maximum absolute atomic E-state index is 12.1. The van der Waals surface area contributed by atoms with Gasteiger partial charge in [0.1, 0.15) is 4.21 Å². The molecule has 4 nitrogen and oxygen atoms in total. The third kappa shape index (κ3) is 3.24. The molecular formula is C14H11ClN2O2S2. The summed E-state index contributed by atoms with van der Waals surface area (Å²) in [4.78, 5) is 4.31. The van der Waals surface area contributed by atoms with E-state index in [2.05, 4.69) is 9.71 Å². The van der Waals surface area contributed by atoms with Crippen LogP contribution in [0.5, 0.6) is 0 Å². The van der Waals surface area contributed by atoms with E-state index in [1.54, 1.807) is 12.3 Å². The average molecular weight is 339 g/mol. The molecule has 3 aromatic rings. The number of halogens is 1. The Labute approximate surface area is 131 Å². The van der Waals surface area contributed by atoms with Crippen molar-refractivity contribution in [1.29, 1.82) is 0 Å². The normalized spacial score (nSPS) is 11.9. The second-order valence-corrected chi connectivity index (χ2v) is 8.13. The SMILES string of the molecule is O=S(=O)(NCc1cnc2ccccc2c1)c1ccc(Cl)s1. The molecule has 0 aliphatic carbocycles. The number of pyridine rings is 1. The minimum Gasteiger partial charge on any atom is -0.256 e. The number of nitrogens with one attached hydrogen (secondary N) is 1. The van der Waals surface area contributed by atoms with Gasteiger partial charge < -0.3 is 0 Å². The summed E-state index contributed by atoms with van der Waals surface area (Å²) >= 11 is 6.80. The Balaban J connectivity index is 1.80. The molecule has 0 amide bonds. The van der Waals surface area contributed by atoms with Crippen molar-refractivity contribution in [2.75, 3.05) is 0 Å². The Morgan fingerprint density at radius 3 is 2.76 bits per heavy atom. The zero-order chi connectivity index (χ0) is 14.9. The Bertz CT molecular complexity index is 891. The van der Waals surface area contributed by atoms with Gasteiger partial charge >= 0.3 is 0 Å². The van der Waals surface area contributed by atoms with E-state index < -0.39 is 10.0 Å². The first-order valence-electron chi connectivity index (χ1n) is 6.13. The number of fused-ring (bicyclic) bond motifs is 1. The van der Waals surface area contributed by atoms with E-state index in [1.165, 1.54) is 6.07 Å². The van der Waals surface area contributed by atoms with E-state index in [0.717, 1.165) is 27.8 Å². The molecule has 0 spiro atoms. The molecule has 0 aliphatic heterocycles. The van der Waals surface area contributed by atoms with Crippen LogP contribution in [-0.4, -0.2) is 13.4 Å². The number of aromatic nitrogens is 1. The van der Waals surface area contributed by atoms with Crippen LogP contribution in [0.2, 0.25) is 4.34 Å². The summed E-state index contributed by atoms with van der Waals surface area (Å²) in [7, 11) is -3.53. The van der Waals surface area contributed by atoms with Crippen LogP contribution >= 0.6 is 22.9 Å². The van der Waals surface area contributed by atoms with Crippen molar-refractivity contribution in [2.24, 2.45) is 0 Å². The minimum absolute atomic E-state index is 0.190. The van der Waals surface area contributed by atoms with E-state index >= 15 is 0 Å². The topological polar surface area (TPSA) is 59.1 Å². The van der Waals surface area contributed by atoms with E-state index in [9.17, 15) is 8.42 Å². The number of para-hydroxylation sites is 1. The monoisotopic (exact) mass is 338 g/mol. The fourth-order valence-corrected chi connectivity index (χ4v) is 4.45. The van der Waals surface area contributed by atoms with Gasteiger partial charge in [-0.1, -0.05) is 29.8 Å². The van der Waals surface area contributed by atoms with Gasteiger partial charge in [0.15, 0.2) is 0 Å². The fraction of sp³-hybridized carbons (Fsp3) is 0.0714. The highest BCUT2D eigenvalue weighted by molar-refractivity contribution is 7.91. The molecule has 0 bridgehead atoms. The number of benzene rings is 1. The summed E-state index contributed by atoms with van der Waals surface area (Å²) in [6.07, 6.45) is 1.67. The van der Waals surface area contributed by atoms with Crippen molar-refractivity contribution in [3.05, 3.63) is 58.6 Å². The molecule has 108 valence electrons. The standard InChI is InChI=1S/C14H11ClN2O2S2/c15-13-5-6-14(20-13)21(18,19)17-9-10-7-11-3-1-2-4-12(11)16-8-10/h1-8,17H,9H2. The van der Waals surface area contributed by atoms with Crippen molar-refractivity contribution < 1.29 is 8.42 Å². The van der Waals surface area contributed by atoms with Crippen molar-refractivity contribution in [3.8, 4) is 0 Å². The zero-order valence-corrected chi connectivity index (χ0v) is 13.2. The van der Waals surface area contributed by atoms with Crippen molar-refractivity contribution in [3.63, 3.8) is 0 Å². The molecule has 1 aromatic carbocycles. The van der Waals surface area contributed by atoms with E-state index in [0.29, 0.717) is 4.34 Å². The van der Waals surface area contributed by atoms with Gasteiger partial charge in [0.25, 0.3) is 0 Å². The Hall–Kier alpha value is -1.47. The van der Waals surface area contributed by atoms with Gasteiger partial charge in [-0.25, -0.2) is 13.1 Å². The number of thiophene rings is 1. The molecule has 0 saturated carbocycles. The smallest absolute Gasteiger partial charge is 0.250 e. The summed E-state index contributed by atoms with van der Waals surface area (Å²) in [6, 6.07) is 12.7. The maximum atomic E-state index is 12.1. The lowest BCUT2D eigenvalue weighted by Gasteiger charge is -2.05. The van der Waals surface area contributed by atoms with E-state index in [-0.39, 0.29) is 10.8 Å². The molecule has 2 aromatic heterocycles. The largest absolute Gasteiger partial charge is 0.256 e. The highest BCUT2D eigenvalue weighted by Crippen LogP contribution is 2.25. The van der Waals surface area contributed by atoms with E-state index in [4.69, 9.17) is 11.6 Å². The number of sulfonamides is 1. The Morgan fingerprint density at radius 1 is 1.19 bits per heavy atom. The molecule has 0 unspecified atom stereocenters. The first kappa shape index (κ1) is 14.5. The maximum Gasteiger partial charge on any atom is 0.250 e. The van der Waals surface area contributed by atoms with Gasteiger partial charge in [-0.2, -0.15) is 0 Å². The van der Waals surface area contributed by atoms with E-state index in [1.807, 2.05) is 30.3 Å². The van der Waals surface area contributed by atoms with Gasteiger partial charge in [-0.05, 0) is 29.8 Å². The van der Waals surface area contributed by atoms with Crippen molar-refractivity contribution >= 4 is 43.9 Å². The lowest BCUT2D eigenvalue weighted by molar-refractivity contribution is 0.583. The van der Waals surface area contributed by atoms with Gasteiger partial charge in [-0.15, -0.1) is 11.3 Å². The molecule has 0 atom stereocenters. The Morgan fingerprint density at radius 2 is 2.00 bits per heavy atom. The molecule has 0 fully saturated rings. The van der Waals surface area contributed by atoms with Gasteiger partial charge in [0.2, 0.25) is 10.0 Å². The predicted octanol–water partition coefficient (Wildman–Crippen LogP) is 3.43. The van der Waals surface area contributed by atoms with Crippen LogP contribution in [0.3, 0.4) is 0 Å². The Kier molecular flexibility index (Phi) is 3.95. The molecular weight excluding hydrogens is 328 g/mol. The summed E-state index contributed by atoms with van der Waals surface area (Å²) in [5.41, 5.74) is 1.69. The van der Waals surface area contributed by atoms with Crippen LogP contribution < -0.4 is 4.72 Å². The van der Waals surface area contributed by atoms with Crippen LogP contribution in [-0.2, 0) is 16.6 Å². The third-order valence-corrected chi connectivity index (χ3v) is 6.05. The van der Waals surface area contributed by atoms with Crippen LogP contribution in [0.25, 0.3) is 10.9 Å². The fourth-order valence-electron chi connectivity index (χ4n) is 1.90. The third-order valence-electron chi connectivity index (χ3n) is 2.93. The van der Waals surface area contributed by atoms with Gasteiger partial charge in [0.05, 0.1) is 9.85 Å². The highest BCUT2D eigenvalue weighted by Gasteiger charge is 2.16. The minimum atomic E-state index is -3.53. The lowest BCUT2D eigenvalue weighted by Crippen LogP contribution is -2.22.